The van der Waals surface area contributed by atoms with Gasteiger partial charge in [0.2, 0.25) is 0 Å². The lowest BCUT2D eigenvalue weighted by molar-refractivity contribution is -0.149. The van der Waals surface area contributed by atoms with Crippen molar-refractivity contribution in [2.24, 2.45) is 11.3 Å². The van der Waals surface area contributed by atoms with E-state index in [-0.39, 0.29) is 11.8 Å². The molecule has 106 valence electrons. The highest BCUT2D eigenvalue weighted by Gasteiger charge is 2.56. The minimum Gasteiger partial charge on any atom is -0.481 e. The first-order chi connectivity index (χ1) is 9.54. The minimum atomic E-state index is -0.768. The van der Waals surface area contributed by atoms with Crippen molar-refractivity contribution in [1.82, 2.24) is 9.88 Å². The van der Waals surface area contributed by atoms with Gasteiger partial charge in [-0.1, -0.05) is 6.42 Å². The minimum absolute atomic E-state index is 0.0754. The molecular formula is C14H15BrN2O3. The first kappa shape index (κ1) is 13.5. The summed E-state index contributed by atoms with van der Waals surface area (Å²) in [6, 6.07) is 3.52. The van der Waals surface area contributed by atoms with E-state index < -0.39 is 11.4 Å². The van der Waals surface area contributed by atoms with Gasteiger partial charge in [-0.25, -0.2) is 4.98 Å². The topological polar surface area (TPSA) is 70.5 Å². The van der Waals surface area contributed by atoms with Crippen LogP contribution in [0.15, 0.2) is 22.8 Å². The quantitative estimate of drug-likeness (QED) is 0.897. The van der Waals surface area contributed by atoms with E-state index >= 15 is 0 Å². The first-order valence-electron chi connectivity index (χ1n) is 6.68. The molecule has 5 nitrogen and oxygen atoms in total. The molecule has 2 aliphatic rings. The molecule has 0 unspecified atom stereocenters. The van der Waals surface area contributed by atoms with Gasteiger partial charge in [0.1, 0.15) is 5.69 Å². The molecule has 1 aliphatic carbocycles. The van der Waals surface area contributed by atoms with Crippen LogP contribution in [-0.4, -0.2) is 40.0 Å². The van der Waals surface area contributed by atoms with Gasteiger partial charge in [0.25, 0.3) is 5.91 Å². The predicted molar refractivity (Wildman–Crippen MR) is 75.3 cm³/mol. The molecule has 0 spiro atoms. The summed E-state index contributed by atoms with van der Waals surface area (Å²) in [6.07, 6.45) is 4.06. The summed E-state index contributed by atoms with van der Waals surface area (Å²) in [7, 11) is 0. The Balaban J connectivity index is 1.86. The maximum Gasteiger partial charge on any atom is 0.311 e. The van der Waals surface area contributed by atoms with E-state index in [1.165, 1.54) is 0 Å². The van der Waals surface area contributed by atoms with Gasteiger partial charge in [-0.05, 0) is 46.8 Å². The smallest absolute Gasteiger partial charge is 0.311 e. The fourth-order valence-corrected chi connectivity index (χ4v) is 3.91. The fraction of sp³-hybridized carbons (Fsp3) is 0.500. The van der Waals surface area contributed by atoms with Gasteiger partial charge in [-0.2, -0.15) is 0 Å². The molecule has 6 heteroatoms. The molecule has 1 amide bonds. The molecule has 1 aromatic rings. The fourth-order valence-electron chi connectivity index (χ4n) is 3.49. The van der Waals surface area contributed by atoms with Gasteiger partial charge in [0.15, 0.2) is 0 Å². The Kier molecular flexibility index (Phi) is 3.28. The van der Waals surface area contributed by atoms with Crippen LogP contribution in [0.5, 0.6) is 0 Å². The van der Waals surface area contributed by atoms with Crippen LogP contribution in [0, 0.1) is 11.3 Å². The summed E-state index contributed by atoms with van der Waals surface area (Å²) in [5.74, 6) is -0.880. The van der Waals surface area contributed by atoms with E-state index in [1.807, 2.05) is 0 Å². The van der Waals surface area contributed by atoms with Crippen LogP contribution in [0.2, 0.25) is 0 Å². The molecule has 2 atom stereocenters. The predicted octanol–water partition coefficient (Wildman–Crippen LogP) is 2.17. The molecule has 1 aromatic heterocycles. The monoisotopic (exact) mass is 338 g/mol. The van der Waals surface area contributed by atoms with E-state index in [0.29, 0.717) is 29.7 Å². The number of carboxylic acids is 1. The van der Waals surface area contributed by atoms with Crippen LogP contribution >= 0.6 is 15.9 Å². The molecule has 1 N–H and O–H groups in total. The molecule has 1 saturated carbocycles. The second-order valence-electron chi connectivity index (χ2n) is 5.57. The van der Waals surface area contributed by atoms with Gasteiger partial charge in [0, 0.05) is 23.8 Å². The first-order valence-corrected chi connectivity index (χ1v) is 7.47. The third-order valence-electron chi connectivity index (χ3n) is 4.54. The number of amides is 1. The van der Waals surface area contributed by atoms with Crippen molar-refractivity contribution in [3.05, 3.63) is 28.5 Å². The highest BCUT2D eigenvalue weighted by atomic mass is 79.9. The van der Waals surface area contributed by atoms with Crippen LogP contribution in [-0.2, 0) is 4.79 Å². The lowest BCUT2D eigenvalue weighted by atomic mass is 9.81. The van der Waals surface area contributed by atoms with Crippen molar-refractivity contribution in [3.8, 4) is 0 Å². The number of aromatic nitrogens is 1. The van der Waals surface area contributed by atoms with Crippen molar-refractivity contribution in [3.63, 3.8) is 0 Å². The van der Waals surface area contributed by atoms with Crippen molar-refractivity contribution in [2.45, 2.75) is 19.3 Å². The molecular weight excluding hydrogens is 324 g/mol. The van der Waals surface area contributed by atoms with Crippen molar-refractivity contribution in [2.75, 3.05) is 13.1 Å². The van der Waals surface area contributed by atoms with Gasteiger partial charge in [-0.3, -0.25) is 9.59 Å². The van der Waals surface area contributed by atoms with Crippen molar-refractivity contribution >= 4 is 27.8 Å². The number of hydrogen-bond acceptors (Lipinski definition) is 3. The number of carbonyl (C=O) groups excluding carboxylic acids is 1. The second kappa shape index (κ2) is 4.84. The number of hydrogen-bond donors (Lipinski definition) is 1. The van der Waals surface area contributed by atoms with Crippen molar-refractivity contribution < 1.29 is 14.7 Å². The number of carboxylic acid groups (broad SMARTS) is 1. The summed E-state index contributed by atoms with van der Waals surface area (Å²) >= 11 is 3.32. The van der Waals surface area contributed by atoms with E-state index in [1.54, 1.807) is 23.2 Å². The highest BCUT2D eigenvalue weighted by molar-refractivity contribution is 9.10. The average molecular weight is 339 g/mol. The zero-order valence-electron chi connectivity index (χ0n) is 10.9. The number of rotatable bonds is 2. The number of halogens is 1. The highest BCUT2D eigenvalue weighted by Crippen LogP contribution is 2.49. The van der Waals surface area contributed by atoms with E-state index in [2.05, 4.69) is 20.9 Å². The summed E-state index contributed by atoms with van der Waals surface area (Å²) in [6.45, 7) is 0.822. The zero-order valence-corrected chi connectivity index (χ0v) is 12.5. The number of fused-ring (bicyclic) bond motifs is 1. The molecule has 2 fully saturated rings. The maximum atomic E-state index is 12.5. The van der Waals surface area contributed by atoms with Gasteiger partial charge < -0.3 is 10.0 Å². The third kappa shape index (κ3) is 1.93. The van der Waals surface area contributed by atoms with E-state index in [9.17, 15) is 14.7 Å². The Morgan fingerprint density at radius 3 is 2.95 bits per heavy atom. The SMILES string of the molecule is O=C(c1ncccc1Br)N1C[C@@H]2CCC[C@@]2(C(=O)O)C1. The van der Waals surface area contributed by atoms with Crippen LogP contribution < -0.4 is 0 Å². The molecule has 3 rings (SSSR count). The lowest BCUT2D eigenvalue weighted by Crippen LogP contribution is -2.37. The Morgan fingerprint density at radius 2 is 2.30 bits per heavy atom. The largest absolute Gasteiger partial charge is 0.481 e. The lowest BCUT2D eigenvalue weighted by Gasteiger charge is -2.23. The number of pyridine rings is 1. The summed E-state index contributed by atoms with van der Waals surface area (Å²) in [5.41, 5.74) is -0.385. The van der Waals surface area contributed by atoms with E-state index in [0.717, 1.165) is 12.8 Å². The Morgan fingerprint density at radius 1 is 1.50 bits per heavy atom. The van der Waals surface area contributed by atoms with E-state index in [4.69, 9.17) is 0 Å². The summed E-state index contributed by atoms with van der Waals surface area (Å²) < 4.78 is 0.645. The normalized spacial score (nSPS) is 28.4. The number of likely N-dealkylation sites (tertiary alicyclic amines) is 1. The average Bonchev–Trinajstić information content (AvgIpc) is 2.96. The molecule has 0 aromatic carbocycles. The number of carbonyl (C=O) groups is 2. The molecule has 1 aliphatic heterocycles. The molecule has 0 bridgehead atoms. The Hall–Kier alpha value is -1.43. The molecule has 0 radical (unpaired) electrons. The van der Waals surface area contributed by atoms with Crippen LogP contribution in [0.25, 0.3) is 0 Å². The molecule has 1 saturated heterocycles. The summed E-state index contributed by atoms with van der Waals surface area (Å²) in [5, 5.41) is 9.54. The zero-order chi connectivity index (χ0) is 14.3. The van der Waals surface area contributed by atoms with Gasteiger partial charge >= 0.3 is 5.97 Å². The van der Waals surface area contributed by atoms with Gasteiger partial charge in [-0.15, -0.1) is 0 Å². The van der Waals surface area contributed by atoms with Crippen molar-refractivity contribution in [1.29, 1.82) is 0 Å². The Labute approximate surface area is 125 Å². The maximum absolute atomic E-state index is 12.5. The summed E-state index contributed by atoms with van der Waals surface area (Å²) in [4.78, 5) is 29.9. The van der Waals surface area contributed by atoms with Crippen LogP contribution in [0.3, 0.4) is 0 Å². The number of aliphatic carboxylic acids is 1. The molecule has 20 heavy (non-hydrogen) atoms. The van der Waals surface area contributed by atoms with Crippen LogP contribution in [0.1, 0.15) is 29.8 Å². The number of nitrogens with zero attached hydrogens (tertiary/aromatic N) is 2. The second-order valence-corrected chi connectivity index (χ2v) is 6.42. The van der Waals surface area contributed by atoms with Crippen LogP contribution in [0.4, 0.5) is 0 Å². The third-order valence-corrected chi connectivity index (χ3v) is 5.18. The standard InChI is InChI=1S/C14H15BrN2O3/c15-10-4-2-6-16-11(10)12(18)17-7-9-3-1-5-14(9,8-17)13(19)20/h2,4,6,9H,1,3,5,7-8H2,(H,19,20)/t9-,14+/m0/s1. The molecule has 2 heterocycles. The van der Waals surface area contributed by atoms with Gasteiger partial charge in [0.05, 0.1) is 5.41 Å². The Bertz CT molecular complexity index is 577.